The number of hydrogen-bond donors (Lipinski definition) is 0. The molecule has 0 unspecified atom stereocenters. The molecule has 0 saturated heterocycles. The average Bonchev–Trinajstić information content (AvgIpc) is 2.41. The molecular formula is C9H17N3OS. The van der Waals surface area contributed by atoms with E-state index in [0.717, 1.165) is 16.6 Å². The van der Waals surface area contributed by atoms with E-state index in [1.54, 1.807) is 18.8 Å². The Labute approximate surface area is 89.4 Å². The van der Waals surface area contributed by atoms with Crippen molar-refractivity contribution >= 4 is 22.0 Å². The number of amidine groups is 1. The first kappa shape index (κ1) is 11.4. The monoisotopic (exact) mass is 215 g/mol. The SMILES string of the molecule is CN=C(SC1=NOC(C)(C)C1)N(C)C. The highest BCUT2D eigenvalue weighted by Crippen LogP contribution is 2.28. The van der Waals surface area contributed by atoms with Crippen LogP contribution in [0.4, 0.5) is 0 Å². The number of aliphatic imine (C=N–C) groups is 1. The van der Waals surface area contributed by atoms with Gasteiger partial charge in [-0.25, -0.2) is 0 Å². The molecule has 80 valence electrons. The quantitative estimate of drug-likeness (QED) is 0.456. The minimum absolute atomic E-state index is 0.159. The van der Waals surface area contributed by atoms with Crippen molar-refractivity contribution in [3.8, 4) is 0 Å². The minimum atomic E-state index is -0.159. The molecule has 0 aromatic rings. The van der Waals surface area contributed by atoms with Gasteiger partial charge in [-0.15, -0.1) is 0 Å². The van der Waals surface area contributed by atoms with E-state index in [0.29, 0.717) is 0 Å². The van der Waals surface area contributed by atoms with E-state index in [9.17, 15) is 0 Å². The summed E-state index contributed by atoms with van der Waals surface area (Å²) in [5.41, 5.74) is -0.159. The maximum absolute atomic E-state index is 5.27. The topological polar surface area (TPSA) is 37.2 Å². The van der Waals surface area contributed by atoms with Crippen LogP contribution < -0.4 is 0 Å². The largest absolute Gasteiger partial charge is 0.389 e. The van der Waals surface area contributed by atoms with E-state index in [1.807, 2.05) is 32.8 Å². The van der Waals surface area contributed by atoms with Gasteiger partial charge in [-0.2, -0.15) is 0 Å². The predicted molar refractivity (Wildman–Crippen MR) is 61.9 cm³/mol. The Kier molecular flexibility index (Phi) is 3.42. The van der Waals surface area contributed by atoms with Crippen molar-refractivity contribution in [2.45, 2.75) is 25.9 Å². The summed E-state index contributed by atoms with van der Waals surface area (Å²) < 4.78 is 0. The summed E-state index contributed by atoms with van der Waals surface area (Å²) in [4.78, 5) is 11.4. The molecule has 0 fully saturated rings. The van der Waals surface area contributed by atoms with Gasteiger partial charge in [-0.1, -0.05) is 5.16 Å². The van der Waals surface area contributed by atoms with Crippen molar-refractivity contribution in [2.24, 2.45) is 10.1 Å². The Morgan fingerprint density at radius 1 is 1.57 bits per heavy atom. The molecular weight excluding hydrogens is 198 g/mol. The number of thioether (sulfide) groups is 1. The first-order valence-corrected chi connectivity index (χ1v) is 5.33. The van der Waals surface area contributed by atoms with Crippen LogP contribution in [0.15, 0.2) is 10.1 Å². The fourth-order valence-electron chi connectivity index (χ4n) is 1.10. The van der Waals surface area contributed by atoms with Crippen LogP contribution in [0.1, 0.15) is 20.3 Å². The molecule has 5 heteroatoms. The molecule has 1 heterocycles. The molecule has 1 aliphatic rings. The van der Waals surface area contributed by atoms with Gasteiger partial charge in [-0.05, 0) is 25.6 Å². The Morgan fingerprint density at radius 3 is 2.57 bits per heavy atom. The number of hydrogen-bond acceptors (Lipinski definition) is 4. The Morgan fingerprint density at radius 2 is 2.21 bits per heavy atom. The van der Waals surface area contributed by atoms with E-state index < -0.39 is 0 Å². The summed E-state index contributed by atoms with van der Waals surface area (Å²) in [5, 5.41) is 5.97. The zero-order valence-corrected chi connectivity index (χ0v) is 10.2. The standard InChI is InChI=1S/C9H17N3OS/c1-9(2)6-7(11-13-9)14-8(10-3)12(4)5/h6H2,1-5H3. The molecule has 1 rings (SSSR count). The van der Waals surface area contributed by atoms with Gasteiger partial charge < -0.3 is 9.74 Å². The highest BCUT2D eigenvalue weighted by molar-refractivity contribution is 8.26. The zero-order chi connectivity index (χ0) is 10.8. The highest BCUT2D eigenvalue weighted by atomic mass is 32.2. The van der Waals surface area contributed by atoms with Crippen molar-refractivity contribution in [1.82, 2.24) is 4.90 Å². The third kappa shape index (κ3) is 2.90. The van der Waals surface area contributed by atoms with Crippen LogP contribution in [0.2, 0.25) is 0 Å². The summed E-state index contributed by atoms with van der Waals surface area (Å²) in [6, 6.07) is 0. The lowest BCUT2D eigenvalue weighted by atomic mass is 10.1. The van der Waals surface area contributed by atoms with Gasteiger partial charge in [0.05, 0.1) is 0 Å². The van der Waals surface area contributed by atoms with Gasteiger partial charge in [-0.3, -0.25) is 4.99 Å². The molecule has 0 radical (unpaired) electrons. The van der Waals surface area contributed by atoms with Crippen LogP contribution in [0.3, 0.4) is 0 Å². The third-order valence-electron chi connectivity index (χ3n) is 1.75. The Bertz CT molecular complexity index is 271. The fourth-order valence-corrected chi connectivity index (χ4v) is 2.08. The van der Waals surface area contributed by atoms with Crippen LogP contribution in [-0.4, -0.2) is 41.9 Å². The summed E-state index contributed by atoms with van der Waals surface area (Å²) in [6.07, 6.45) is 0.852. The van der Waals surface area contributed by atoms with Gasteiger partial charge in [0.2, 0.25) is 0 Å². The first-order valence-electron chi connectivity index (χ1n) is 4.51. The zero-order valence-electron chi connectivity index (χ0n) is 9.37. The molecule has 0 aromatic carbocycles. The Balaban J connectivity index is 2.55. The highest BCUT2D eigenvalue weighted by Gasteiger charge is 2.30. The molecule has 4 nitrogen and oxygen atoms in total. The lowest BCUT2D eigenvalue weighted by Gasteiger charge is -2.15. The third-order valence-corrected chi connectivity index (χ3v) is 2.94. The molecule has 0 spiro atoms. The lowest BCUT2D eigenvalue weighted by molar-refractivity contribution is 0.0123. The second kappa shape index (κ2) is 4.21. The smallest absolute Gasteiger partial charge is 0.164 e. The maximum Gasteiger partial charge on any atom is 0.164 e. The summed E-state index contributed by atoms with van der Waals surface area (Å²) >= 11 is 1.56. The van der Waals surface area contributed by atoms with Crippen molar-refractivity contribution in [3.63, 3.8) is 0 Å². The van der Waals surface area contributed by atoms with Gasteiger partial charge >= 0.3 is 0 Å². The van der Waals surface area contributed by atoms with E-state index in [4.69, 9.17) is 4.84 Å². The molecule has 14 heavy (non-hydrogen) atoms. The van der Waals surface area contributed by atoms with E-state index in [2.05, 4.69) is 10.1 Å². The molecule has 0 atom stereocenters. The molecule has 0 aliphatic carbocycles. The number of rotatable bonds is 0. The lowest BCUT2D eigenvalue weighted by Crippen LogP contribution is -2.22. The second-order valence-electron chi connectivity index (χ2n) is 4.02. The van der Waals surface area contributed by atoms with E-state index in [-0.39, 0.29) is 5.60 Å². The molecule has 1 aliphatic heterocycles. The van der Waals surface area contributed by atoms with Gasteiger partial charge in [0.25, 0.3) is 0 Å². The Hall–Kier alpha value is -0.710. The van der Waals surface area contributed by atoms with Crippen molar-refractivity contribution in [1.29, 1.82) is 0 Å². The van der Waals surface area contributed by atoms with Gasteiger partial charge in [0.1, 0.15) is 10.6 Å². The van der Waals surface area contributed by atoms with Crippen molar-refractivity contribution in [2.75, 3.05) is 21.1 Å². The minimum Gasteiger partial charge on any atom is -0.389 e. The second-order valence-corrected chi connectivity index (χ2v) is 5.06. The van der Waals surface area contributed by atoms with Crippen LogP contribution in [0, 0.1) is 0 Å². The first-order chi connectivity index (χ1) is 6.44. The van der Waals surface area contributed by atoms with Crippen LogP contribution in [0.25, 0.3) is 0 Å². The molecule has 0 N–H and O–H groups in total. The maximum atomic E-state index is 5.27. The molecule has 0 bridgehead atoms. The van der Waals surface area contributed by atoms with Crippen LogP contribution in [-0.2, 0) is 4.84 Å². The normalized spacial score (nSPS) is 20.4. The summed E-state index contributed by atoms with van der Waals surface area (Å²) in [7, 11) is 5.72. The molecule has 0 saturated carbocycles. The predicted octanol–water partition coefficient (Wildman–Crippen LogP) is 1.78. The fraction of sp³-hybridized carbons (Fsp3) is 0.778. The number of nitrogens with zero attached hydrogens (tertiary/aromatic N) is 3. The molecule has 0 aromatic heterocycles. The average molecular weight is 215 g/mol. The van der Waals surface area contributed by atoms with Crippen molar-refractivity contribution < 1.29 is 4.84 Å². The van der Waals surface area contributed by atoms with Crippen LogP contribution in [0.5, 0.6) is 0 Å². The number of oxime groups is 1. The van der Waals surface area contributed by atoms with Gasteiger partial charge in [0.15, 0.2) is 5.17 Å². The summed E-state index contributed by atoms with van der Waals surface area (Å²) in [6.45, 7) is 4.06. The summed E-state index contributed by atoms with van der Waals surface area (Å²) in [5.74, 6) is 0. The van der Waals surface area contributed by atoms with Crippen molar-refractivity contribution in [3.05, 3.63) is 0 Å². The molecule has 0 amide bonds. The van der Waals surface area contributed by atoms with Crippen LogP contribution >= 0.6 is 11.8 Å². The van der Waals surface area contributed by atoms with Gasteiger partial charge in [0, 0.05) is 27.6 Å². The van der Waals surface area contributed by atoms with E-state index in [1.165, 1.54) is 0 Å². The van der Waals surface area contributed by atoms with E-state index >= 15 is 0 Å².